The molecule has 0 saturated carbocycles. The van der Waals surface area contributed by atoms with E-state index in [0.29, 0.717) is 12.1 Å². The summed E-state index contributed by atoms with van der Waals surface area (Å²) in [5, 5.41) is 9.97. The van der Waals surface area contributed by atoms with Crippen LogP contribution in [0.1, 0.15) is 34.6 Å². The van der Waals surface area contributed by atoms with Gasteiger partial charge < -0.3 is 9.67 Å². The highest BCUT2D eigenvalue weighted by Crippen LogP contribution is 2.25. The Kier molecular flexibility index (Phi) is 3.62. The van der Waals surface area contributed by atoms with Crippen LogP contribution in [0.3, 0.4) is 0 Å². The number of halogens is 1. The minimum atomic E-state index is -0.881. The maximum absolute atomic E-state index is 11.1. The van der Waals surface area contributed by atoms with Gasteiger partial charge in [-0.25, -0.2) is 4.79 Å². The van der Waals surface area contributed by atoms with Gasteiger partial charge in [-0.3, -0.25) is 0 Å². The molecule has 1 aromatic rings. The molecule has 0 bridgehead atoms. The molecule has 0 spiro atoms. The summed E-state index contributed by atoms with van der Waals surface area (Å²) in [7, 11) is 0. The van der Waals surface area contributed by atoms with E-state index in [2.05, 4.69) is 6.08 Å². The van der Waals surface area contributed by atoms with Crippen molar-refractivity contribution in [1.29, 1.82) is 0 Å². The summed E-state index contributed by atoms with van der Waals surface area (Å²) in [6.45, 7) is 4.39. The molecule has 0 saturated heterocycles. The number of aromatic nitrogens is 1. The lowest BCUT2D eigenvalue weighted by atomic mass is 10.1. The van der Waals surface area contributed by atoms with Crippen LogP contribution in [0.4, 0.5) is 0 Å². The van der Waals surface area contributed by atoms with Crippen LogP contribution in [0, 0.1) is 13.8 Å². The first-order valence-electron chi connectivity index (χ1n) is 5.94. The highest BCUT2D eigenvalue weighted by Gasteiger charge is 2.16. The van der Waals surface area contributed by atoms with Crippen LogP contribution in [0.5, 0.6) is 0 Å². The van der Waals surface area contributed by atoms with E-state index >= 15 is 0 Å². The van der Waals surface area contributed by atoms with Gasteiger partial charge in [0.1, 0.15) is 0 Å². The Morgan fingerprint density at radius 1 is 1.50 bits per heavy atom. The summed E-state index contributed by atoms with van der Waals surface area (Å²) in [5.41, 5.74) is 3.16. The van der Waals surface area contributed by atoms with Crippen LogP contribution >= 0.6 is 11.6 Å². The van der Waals surface area contributed by atoms with Crippen LogP contribution in [0.15, 0.2) is 28.8 Å². The smallest absolute Gasteiger partial charge is 0.337 e. The molecule has 96 valence electrons. The molecule has 1 aliphatic rings. The molecule has 18 heavy (non-hydrogen) atoms. The Morgan fingerprint density at radius 3 is 2.78 bits per heavy atom. The Balaban J connectivity index is 2.35. The number of carboxylic acid groups (broad SMARTS) is 1. The van der Waals surface area contributed by atoms with Crippen molar-refractivity contribution < 1.29 is 9.90 Å². The highest BCUT2D eigenvalue weighted by atomic mass is 35.5. The summed E-state index contributed by atoms with van der Waals surface area (Å²) in [4.78, 5) is 11.1. The molecule has 1 N–H and O–H groups in total. The number of hydrogen-bond acceptors (Lipinski definition) is 1. The van der Waals surface area contributed by atoms with Gasteiger partial charge in [0.05, 0.1) is 5.56 Å². The second kappa shape index (κ2) is 5.02. The van der Waals surface area contributed by atoms with Gasteiger partial charge in [-0.2, -0.15) is 0 Å². The molecule has 2 rings (SSSR count). The average Bonchev–Trinajstić information content (AvgIpc) is 2.60. The van der Waals surface area contributed by atoms with Gasteiger partial charge in [-0.15, -0.1) is 0 Å². The molecule has 0 fully saturated rings. The van der Waals surface area contributed by atoms with Crippen LogP contribution in [0.25, 0.3) is 0 Å². The van der Waals surface area contributed by atoms with Gasteiger partial charge in [-0.1, -0.05) is 23.8 Å². The fourth-order valence-corrected chi connectivity index (χ4v) is 2.49. The number of carboxylic acids is 1. The first kappa shape index (κ1) is 13.0. The largest absolute Gasteiger partial charge is 0.478 e. The quantitative estimate of drug-likeness (QED) is 0.906. The monoisotopic (exact) mass is 265 g/mol. The molecule has 1 aliphatic carbocycles. The molecule has 0 aromatic carbocycles. The maximum atomic E-state index is 11.1. The molecular weight excluding hydrogens is 250 g/mol. The number of nitrogens with zero attached hydrogens (tertiary/aromatic N) is 1. The molecule has 0 amide bonds. The van der Waals surface area contributed by atoms with Crippen molar-refractivity contribution in [3.8, 4) is 0 Å². The minimum Gasteiger partial charge on any atom is -0.478 e. The SMILES string of the molecule is Cc1cc(C(=O)O)c(C)n1CC1=C(Cl)CCC=C1. The average molecular weight is 266 g/mol. The highest BCUT2D eigenvalue weighted by molar-refractivity contribution is 6.30. The molecular formula is C14H16ClNO2. The fraction of sp³-hybridized carbons (Fsp3) is 0.357. The fourth-order valence-electron chi connectivity index (χ4n) is 2.26. The predicted octanol–water partition coefficient (Wildman–Crippen LogP) is 3.65. The number of rotatable bonds is 3. The Morgan fingerprint density at radius 2 is 2.22 bits per heavy atom. The number of hydrogen-bond donors (Lipinski definition) is 1. The third kappa shape index (κ3) is 2.36. The second-order valence-electron chi connectivity index (χ2n) is 4.55. The van der Waals surface area contributed by atoms with E-state index in [1.807, 2.05) is 24.5 Å². The van der Waals surface area contributed by atoms with E-state index in [-0.39, 0.29) is 0 Å². The lowest BCUT2D eigenvalue weighted by Gasteiger charge is -2.14. The van der Waals surface area contributed by atoms with Gasteiger partial charge >= 0.3 is 5.97 Å². The van der Waals surface area contributed by atoms with Gasteiger partial charge in [0.2, 0.25) is 0 Å². The van der Waals surface area contributed by atoms with Gasteiger partial charge in [-0.05, 0) is 38.3 Å². The van der Waals surface area contributed by atoms with Crippen molar-refractivity contribution >= 4 is 17.6 Å². The van der Waals surface area contributed by atoms with Crippen molar-refractivity contribution in [2.75, 3.05) is 0 Å². The summed E-state index contributed by atoms with van der Waals surface area (Å²) >= 11 is 6.21. The van der Waals surface area contributed by atoms with Crippen LogP contribution in [-0.4, -0.2) is 15.6 Å². The van der Waals surface area contributed by atoms with Crippen molar-refractivity contribution in [3.05, 3.63) is 45.8 Å². The zero-order chi connectivity index (χ0) is 13.3. The third-order valence-electron chi connectivity index (χ3n) is 3.33. The number of aryl methyl sites for hydroxylation is 1. The first-order chi connectivity index (χ1) is 8.50. The van der Waals surface area contributed by atoms with Crippen molar-refractivity contribution in [2.24, 2.45) is 0 Å². The summed E-state index contributed by atoms with van der Waals surface area (Å²) < 4.78 is 2.00. The second-order valence-corrected chi connectivity index (χ2v) is 5.00. The van der Waals surface area contributed by atoms with E-state index in [0.717, 1.165) is 34.8 Å². The molecule has 0 aliphatic heterocycles. The topological polar surface area (TPSA) is 42.2 Å². The standard InChI is InChI=1S/C14H16ClNO2/c1-9-7-12(14(17)18)10(2)16(9)8-11-5-3-4-6-13(11)15/h3,5,7H,4,6,8H2,1-2H3,(H,17,18). The maximum Gasteiger partial charge on any atom is 0.337 e. The zero-order valence-electron chi connectivity index (χ0n) is 10.5. The van der Waals surface area contributed by atoms with E-state index in [1.165, 1.54) is 0 Å². The molecule has 0 unspecified atom stereocenters. The van der Waals surface area contributed by atoms with Gasteiger partial charge in [0.15, 0.2) is 0 Å². The molecule has 1 aromatic heterocycles. The van der Waals surface area contributed by atoms with Crippen LogP contribution in [-0.2, 0) is 6.54 Å². The molecule has 3 nitrogen and oxygen atoms in total. The summed E-state index contributed by atoms with van der Waals surface area (Å²) in [5.74, 6) is -0.881. The summed E-state index contributed by atoms with van der Waals surface area (Å²) in [6.07, 6.45) is 5.99. The lowest BCUT2D eigenvalue weighted by molar-refractivity contribution is 0.0696. The van der Waals surface area contributed by atoms with E-state index < -0.39 is 5.97 Å². The zero-order valence-corrected chi connectivity index (χ0v) is 11.3. The lowest BCUT2D eigenvalue weighted by Crippen LogP contribution is -2.07. The number of allylic oxidation sites excluding steroid dienone is 4. The number of aromatic carboxylic acids is 1. The van der Waals surface area contributed by atoms with E-state index in [1.54, 1.807) is 6.07 Å². The third-order valence-corrected chi connectivity index (χ3v) is 3.76. The van der Waals surface area contributed by atoms with Gasteiger partial charge in [0.25, 0.3) is 0 Å². The van der Waals surface area contributed by atoms with Crippen molar-refractivity contribution in [2.45, 2.75) is 33.2 Å². The Hall–Kier alpha value is -1.48. The first-order valence-corrected chi connectivity index (χ1v) is 6.32. The van der Waals surface area contributed by atoms with Gasteiger partial charge in [0, 0.05) is 23.0 Å². The van der Waals surface area contributed by atoms with Crippen LogP contribution < -0.4 is 0 Å². The molecule has 0 radical (unpaired) electrons. The van der Waals surface area contributed by atoms with E-state index in [9.17, 15) is 4.79 Å². The molecule has 0 atom stereocenters. The number of carbonyl (C=O) groups is 1. The van der Waals surface area contributed by atoms with Crippen molar-refractivity contribution in [1.82, 2.24) is 4.57 Å². The van der Waals surface area contributed by atoms with Crippen LogP contribution in [0.2, 0.25) is 0 Å². The Bertz CT molecular complexity index is 552. The molecule has 4 heteroatoms. The van der Waals surface area contributed by atoms with Crippen molar-refractivity contribution in [3.63, 3.8) is 0 Å². The minimum absolute atomic E-state index is 0.365. The predicted molar refractivity (Wildman–Crippen MR) is 72.1 cm³/mol. The summed E-state index contributed by atoms with van der Waals surface area (Å²) in [6, 6.07) is 1.71. The normalized spacial score (nSPS) is 15.3. The molecule has 1 heterocycles. The Labute approximate surface area is 111 Å². The van der Waals surface area contributed by atoms with E-state index in [4.69, 9.17) is 16.7 Å².